The number of hydrogen-bond acceptors (Lipinski definition) is 24. The number of aromatic hydroxyl groups is 1. The van der Waals surface area contributed by atoms with Gasteiger partial charge in [0, 0.05) is 131 Å². The first-order valence-electron chi connectivity index (χ1n) is 44.2. The molecule has 9 rings (SSSR count). The van der Waals surface area contributed by atoms with Crippen molar-refractivity contribution in [3.8, 4) is 5.75 Å². The summed E-state index contributed by atoms with van der Waals surface area (Å²) in [6.45, 7) is 4.38. The molecular weight excluding hydrogens is 1750 g/mol. The molecule has 3 aliphatic rings. The number of aliphatic hydroxyl groups excluding tert-OH is 1. The fourth-order valence-electron chi connectivity index (χ4n) is 16.6. The molecule has 6 heterocycles. The zero-order valence-corrected chi connectivity index (χ0v) is 76.1. The number of unbranched alkanes of at least 4 members (excludes halogenated alkanes) is 1. The molecule has 0 radical (unpaired) electrons. The number of fused-ring (bicyclic) bond motifs is 4. The number of nitrogens with zero attached hydrogens (tertiary/aromatic N) is 6. The minimum Gasteiger partial charge on any atom is -0.508 e. The molecule has 0 saturated carbocycles. The summed E-state index contributed by atoms with van der Waals surface area (Å²) in [5.41, 5.74) is 26.5. The maximum atomic E-state index is 15.8. The molecule has 6 aromatic rings. The number of aliphatic carboxylic acids is 1. The number of ketones is 1. The first-order chi connectivity index (χ1) is 63.3. The van der Waals surface area contributed by atoms with E-state index in [4.69, 9.17) is 22.9 Å². The number of phenols is 1. The third kappa shape index (κ3) is 28.3. The Balaban J connectivity index is 1.10. The highest BCUT2D eigenvalue weighted by atomic mass is 32.2. The average molecular weight is 1870 g/mol. The Labute approximate surface area is 771 Å². The van der Waals surface area contributed by atoms with E-state index in [0.717, 1.165) is 36.3 Å². The Bertz CT molecular complexity index is 5180. The third-order valence-electron chi connectivity index (χ3n) is 23.9. The Morgan fingerprint density at radius 3 is 1.79 bits per heavy atom. The molecule has 0 spiro atoms. The maximum Gasteiger partial charge on any atom is 0.303 e. The molecule has 133 heavy (non-hydrogen) atoms. The van der Waals surface area contributed by atoms with Gasteiger partial charge in [0.25, 0.3) is 0 Å². The van der Waals surface area contributed by atoms with Gasteiger partial charge in [0.2, 0.25) is 94.5 Å². The largest absolute Gasteiger partial charge is 0.508 e. The van der Waals surface area contributed by atoms with Gasteiger partial charge in [-0.1, -0.05) is 82.1 Å². The van der Waals surface area contributed by atoms with Gasteiger partial charge in [-0.15, -0.1) is 11.8 Å². The molecule has 3 aromatic carbocycles. The SMILES string of the molecule is CCCC[C@H]1C(=O)N[C@@H](CN)C(=O)N[C@H](C(=O)NCC(N)=O)CSCC(=O)N[C@@H](Cc2ccc(O)cc2)C(=O)N(C)[C@@H](C)C(=O)N[C@@H](CC(N)=O)C(=O)N2CCC[C@H]2C(=O)N[C@@H](Cc2c[nH]cn2)C(=O)N[C@@H](CCC(=O)O)C(=O)N2C[C@H](O)C[C@H]2C(=O)C[C@@H](Cc2c[nH]c3ccccc23)C(=O)N[C@@H](CCN)C(=O)N[C@@H](Cc2c[nH]c3ccccc23)C(=O)N(C)[C@@H](CC(C)C)C(=O)N1C. The summed E-state index contributed by atoms with van der Waals surface area (Å²) >= 11 is 0.750. The molecule has 0 aliphatic carbocycles. The van der Waals surface area contributed by atoms with Gasteiger partial charge in [-0.05, 0) is 105 Å². The quantitative estimate of drug-likeness (QED) is 0.0285. The number of H-pyrrole nitrogens is 3. The number of Topliss-reactive ketones (excluding diaryl/α,β-unsaturated/α-hetero) is 1. The van der Waals surface area contributed by atoms with Gasteiger partial charge in [0.15, 0.2) is 5.78 Å². The number of amides is 16. The molecule has 0 bridgehead atoms. The van der Waals surface area contributed by atoms with Crippen molar-refractivity contribution in [2.24, 2.45) is 34.8 Å². The second-order valence-electron chi connectivity index (χ2n) is 34.2. The van der Waals surface area contributed by atoms with Gasteiger partial charge in [0.1, 0.15) is 78.3 Å². The third-order valence-corrected chi connectivity index (χ3v) is 25.0. The predicted molar refractivity (Wildman–Crippen MR) is 485 cm³/mol. The van der Waals surface area contributed by atoms with E-state index in [1.807, 2.05) is 6.92 Å². The van der Waals surface area contributed by atoms with Gasteiger partial charge in [-0.2, -0.15) is 0 Å². The second-order valence-corrected chi connectivity index (χ2v) is 35.2. The highest BCUT2D eigenvalue weighted by Crippen LogP contribution is 2.30. The van der Waals surface area contributed by atoms with Crippen LogP contribution < -0.4 is 70.8 Å². The summed E-state index contributed by atoms with van der Waals surface area (Å²) in [4.78, 5) is 280. The minimum absolute atomic E-state index is 0.0135. The lowest BCUT2D eigenvalue weighted by Crippen LogP contribution is -2.61. The standard InChI is InChI=1S/C89H122N22O21S/c1-8-9-19-68-83(126)105-66(38-91)82(125)106-67(79(122)97-42-74(93)116)44-133-45-75(117)99-63(31-49-21-23-54(112)24-22-49)85(128)107(5)48(4)77(120)103-65(37-73(92)115)88(131)110-29-14-20-69(110)84(127)102-62(35-53-41-94-46-98-53)81(124)101-61(25-26-76(118)119)87(130)111-43-55(113)36-70(111)72(114)34-50(32-51-39-95-58-17-12-10-15-56(51)58)78(121)100-60(27-28-90)80(123)104-64(33-52-40-96-59-18-13-11-16-57(52)59)86(129)109(7)71(30-47(2)3)89(132)108(68)6/h10-13,15-18,21-24,39-41,46-48,50,55,60-71,95-96,112-113H,8-9,14,19-20,25-38,42-45,90-91H2,1-7H3,(H2,92,115)(H2,93,116)(H,94,98)(H,97,122)(H,99,117)(H,100,121)(H,101,124)(H,102,127)(H,103,120)(H,104,123)(H,105,126)(H,106,125)(H,118,119)/t48-,50+,55+,60-,61-,62-,63-,64-,65-,66-,67-,68-,69-,70-,71-/m0/s1. The second kappa shape index (κ2) is 48.7. The highest BCUT2D eigenvalue weighted by molar-refractivity contribution is 8.00. The zero-order chi connectivity index (χ0) is 97.2. The number of benzene rings is 3. The number of rotatable bonds is 24. The van der Waals surface area contributed by atoms with E-state index in [1.165, 1.54) is 64.9 Å². The van der Waals surface area contributed by atoms with Crippen LogP contribution in [-0.4, -0.2) is 316 Å². The topological polar surface area (TPSA) is 657 Å². The van der Waals surface area contributed by atoms with Crippen LogP contribution in [0.2, 0.25) is 0 Å². The molecule has 3 aliphatic heterocycles. The minimum atomic E-state index is -1.82. The monoisotopic (exact) mass is 1870 g/mol. The van der Waals surface area contributed by atoms with Crippen LogP contribution in [-0.2, 0) is 112 Å². The number of hydrogen-bond donors (Lipinski definition) is 19. The van der Waals surface area contributed by atoms with E-state index in [2.05, 4.69) is 67.8 Å². The molecule has 0 unspecified atom stereocenters. The number of carbonyl (C=O) groups is 18. The van der Waals surface area contributed by atoms with E-state index in [1.54, 1.807) is 74.8 Å². The fraction of sp³-hybridized carbons (Fsp3) is 0.517. The van der Waals surface area contributed by atoms with Crippen LogP contribution in [0.4, 0.5) is 0 Å². The van der Waals surface area contributed by atoms with Gasteiger partial charge >= 0.3 is 5.97 Å². The summed E-state index contributed by atoms with van der Waals surface area (Å²) in [6, 6.07) is -0.810. The molecular formula is C89H122N22O21S. The summed E-state index contributed by atoms with van der Waals surface area (Å²) < 4.78 is 0. The number of carboxylic acid groups (broad SMARTS) is 1. The number of para-hydroxylation sites is 2. The zero-order valence-electron chi connectivity index (χ0n) is 75.3. The van der Waals surface area contributed by atoms with Gasteiger partial charge in [-0.25, -0.2) is 4.98 Å². The number of thioether (sulfide) groups is 1. The normalized spacial score (nSPS) is 25.0. The summed E-state index contributed by atoms with van der Waals surface area (Å²) in [5.74, 6) is -20.5. The number of carboxylic acids is 1. The Morgan fingerprint density at radius 1 is 0.586 bits per heavy atom. The number of primary amides is 2. The fourth-order valence-corrected chi connectivity index (χ4v) is 17.4. The average Bonchev–Trinajstić information content (AvgIpc) is 1.68. The highest BCUT2D eigenvalue weighted by Gasteiger charge is 2.47. The van der Waals surface area contributed by atoms with Crippen molar-refractivity contribution in [3.05, 3.63) is 120 Å². The molecule has 720 valence electrons. The molecule has 15 atom stereocenters. The molecule has 3 saturated heterocycles. The number of aliphatic hydroxyl groups is 1. The van der Waals surface area contributed by atoms with Crippen LogP contribution in [0, 0.1) is 11.8 Å². The lowest BCUT2D eigenvalue weighted by molar-refractivity contribution is -0.149. The van der Waals surface area contributed by atoms with E-state index in [-0.39, 0.29) is 81.8 Å². The number of nitrogens with two attached hydrogens (primary N) is 4. The van der Waals surface area contributed by atoms with Crippen molar-refractivity contribution in [1.82, 2.24) is 92.3 Å². The summed E-state index contributed by atoms with van der Waals surface area (Å²) in [5, 5.41) is 56.5. The summed E-state index contributed by atoms with van der Waals surface area (Å²) in [7, 11) is 3.89. The van der Waals surface area contributed by atoms with Crippen LogP contribution in [0.1, 0.15) is 127 Å². The maximum absolute atomic E-state index is 15.8. The van der Waals surface area contributed by atoms with E-state index >= 15 is 33.6 Å². The van der Waals surface area contributed by atoms with Crippen LogP contribution in [0.15, 0.2) is 97.7 Å². The van der Waals surface area contributed by atoms with Crippen molar-refractivity contribution in [3.63, 3.8) is 0 Å². The Morgan fingerprint density at radius 2 is 1.17 bits per heavy atom. The van der Waals surface area contributed by atoms with E-state index in [9.17, 15) is 68.1 Å². The predicted octanol–water partition coefficient (Wildman–Crippen LogP) is -3.11. The molecule has 44 heteroatoms. The lowest BCUT2D eigenvalue weighted by Gasteiger charge is -2.37. The Hall–Kier alpha value is -13.4. The molecule has 43 nitrogen and oxygen atoms in total. The number of carbonyl (C=O) groups excluding carboxylic acids is 17. The number of nitrogens with one attached hydrogen (secondary N) is 12. The molecule has 16 amide bonds. The van der Waals surface area contributed by atoms with E-state index in [0.29, 0.717) is 51.3 Å². The first-order valence-corrected chi connectivity index (χ1v) is 45.4. The van der Waals surface area contributed by atoms with Crippen molar-refractivity contribution >= 4 is 140 Å². The van der Waals surface area contributed by atoms with Crippen molar-refractivity contribution < 1.29 is 102 Å². The van der Waals surface area contributed by atoms with Crippen LogP contribution in [0.5, 0.6) is 5.75 Å². The number of aromatic nitrogens is 4. The molecule has 3 fully saturated rings. The molecule has 23 N–H and O–H groups in total. The number of phenolic OH excluding ortho intramolecular Hbond substituents is 1. The van der Waals surface area contributed by atoms with Gasteiger partial charge in [-0.3, -0.25) is 86.3 Å². The smallest absolute Gasteiger partial charge is 0.303 e. The molecule has 3 aromatic heterocycles. The Kier molecular flexibility index (Phi) is 37.8. The van der Waals surface area contributed by atoms with Crippen LogP contribution in [0.3, 0.4) is 0 Å². The van der Waals surface area contributed by atoms with Gasteiger partial charge < -0.3 is 126 Å². The number of imidazole rings is 1. The van der Waals surface area contributed by atoms with Gasteiger partial charge in [0.05, 0.1) is 42.9 Å². The van der Waals surface area contributed by atoms with Crippen molar-refractivity contribution in [2.75, 3.05) is 65.4 Å². The lowest BCUT2D eigenvalue weighted by atomic mass is 9.90. The van der Waals surface area contributed by atoms with E-state index < -0.39 is 266 Å². The number of likely N-dealkylation sites (N-methyl/N-ethyl adjacent to an activating group) is 3. The van der Waals surface area contributed by atoms with Crippen molar-refractivity contribution in [2.45, 2.75) is 215 Å². The summed E-state index contributed by atoms with van der Waals surface area (Å²) in [6.07, 6.45) is 0.606. The van der Waals surface area contributed by atoms with Crippen molar-refractivity contribution in [1.29, 1.82) is 0 Å². The van der Waals surface area contributed by atoms with Crippen LogP contribution >= 0.6 is 11.8 Å². The first kappa shape index (κ1) is 103. The van der Waals surface area contributed by atoms with Crippen LogP contribution in [0.25, 0.3) is 21.8 Å². The number of aromatic amines is 3.